The van der Waals surface area contributed by atoms with Gasteiger partial charge in [-0.05, 0) is 61.3 Å². The number of carbonyl (C=O) groups is 2. The second-order valence-electron chi connectivity index (χ2n) is 7.58. The van der Waals surface area contributed by atoms with Gasteiger partial charge in [0.05, 0.1) is 18.9 Å². The molecule has 1 aliphatic rings. The Bertz CT molecular complexity index is 864. The van der Waals surface area contributed by atoms with Gasteiger partial charge in [-0.25, -0.2) is 9.59 Å². The predicted octanol–water partition coefficient (Wildman–Crippen LogP) is 5.46. The van der Waals surface area contributed by atoms with E-state index in [1.54, 1.807) is 0 Å². The molecule has 7 heteroatoms. The first-order valence-corrected chi connectivity index (χ1v) is 10.5. The maximum absolute atomic E-state index is 12.3. The van der Waals surface area contributed by atoms with E-state index in [1.165, 1.54) is 0 Å². The number of ether oxygens (including phenoxy) is 2. The SMILES string of the molecule is O=C(O)COCC1CCC(COC(=O)Nc2ccccc2-c2cccc(Cl)c2)CC1. The molecule has 1 amide bonds. The minimum Gasteiger partial charge on any atom is -0.480 e. The number of halogens is 1. The Hall–Kier alpha value is -2.57. The Morgan fingerprint density at radius 2 is 1.70 bits per heavy atom. The fourth-order valence-corrected chi connectivity index (χ4v) is 3.91. The highest BCUT2D eigenvalue weighted by molar-refractivity contribution is 6.30. The maximum atomic E-state index is 12.3. The highest BCUT2D eigenvalue weighted by Gasteiger charge is 2.23. The predicted molar refractivity (Wildman–Crippen MR) is 116 cm³/mol. The van der Waals surface area contributed by atoms with Crippen LogP contribution in [0.4, 0.5) is 10.5 Å². The molecule has 0 aliphatic heterocycles. The fraction of sp³-hybridized carbons (Fsp3) is 0.391. The molecule has 1 aliphatic carbocycles. The molecule has 0 unspecified atom stereocenters. The van der Waals surface area contributed by atoms with Gasteiger partial charge in [0.25, 0.3) is 0 Å². The van der Waals surface area contributed by atoms with Crippen LogP contribution in [0.2, 0.25) is 5.02 Å². The first-order chi connectivity index (χ1) is 14.5. The first-order valence-electron chi connectivity index (χ1n) is 10.1. The number of nitrogens with one attached hydrogen (secondary N) is 1. The molecule has 0 atom stereocenters. The quantitative estimate of drug-likeness (QED) is 0.579. The third kappa shape index (κ3) is 6.75. The summed E-state index contributed by atoms with van der Waals surface area (Å²) in [6, 6.07) is 15.0. The van der Waals surface area contributed by atoms with Crippen LogP contribution in [0.1, 0.15) is 25.7 Å². The number of benzene rings is 2. The number of hydrogen-bond donors (Lipinski definition) is 2. The summed E-state index contributed by atoms with van der Waals surface area (Å²) in [5.74, 6) is -0.256. The zero-order valence-electron chi connectivity index (χ0n) is 16.7. The molecule has 3 rings (SSSR count). The Balaban J connectivity index is 1.46. The first kappa shape index (κ1) is 22.1. The number of carboxylic acids is 1. The largest absolute Gasteiger partial charge is 0.480 e. The minimum absolute atomic E-state index is 0.250. The molecule has 6 nitrogen and oxygen atoms in total. The average molecular weight is 432 g/mol. The van der Waals surface area contributed by atoms with Crippen LogP contribution in [0.25, 0.3) is 11.1 Å². The molecule has 1 saturated carbocycles. The molecule has 0 saturated heterocycles. The van der Waals surface area contributed by atoms with Gasteiger partial charge in [-0.2, -0.15) is 0 Å². The summed E-state index contributed by atoms with van der Waals surface area (Å²) in [5.41, 5.74) is 2.46. The molecule has 2 aromatic rings. The summed E-state index contributed by atoms with van der Waals surface area (Å²) >= 11 is 6.09. The van der Waals surface area contributed by atoms with E-state index in [-0.39, 0.29) is 6.61 Å². The Kier molecular flexibility index (Phi) is 8.11. The average Bonchev–Trinajstić information content (AvgIpc) is 2.73. The summed E-state index contributed by atoms with van der Waals surface area (Å²) in [5, 5.41) is 12.1. The zero-order valence-corrected chi connectivity index (χ0v) is 17.4. The van der Waals surface area contributed by atoms with Crippen LogP contribution >= 0.6 is 11.6 Å². The number of carbonyl (C=O) groups excluding carboxylic acids is 1. The summed E-state index contributed by atoms with van der Waals surface area (Å²) in [6.07, 6.45) is 3.30. The summed E-state index contributed by atoms with van der Waals surface area (Å²) in [4.78, 5) is 22.8. The van der Waals surface area contributed by atoms with Crippen molar-refractivity contribution in [1.29, 1.82) is 0 Å². The van der Waals surface area contributed by atoms with Crippen LogP contribution < -0.4 is 5.32 Å². The van der Waals surface area contributed by atoms with Crippen LogP contribution in [0.5, 0.6) is 0 Å². The molecular weight excluding hydrogens is 406 g/mol. The third-order valence-electron chi connectivity index (χ3n) is 5.29. The number of rotatable bonds is 8. The summed E-state index contributed by atoms with van der Waals surface area (Å²) in [6.45, 7) is 0.592. The molecule has 2 N–H and O–H groups in total. The van der Waals surface area contributed by atoms with Crippen molar-refractivity contribution in [3.8, 4) is 11.1 Å². The van der Waals surface area contributed by atoms with Crippen molar-refractivity contribution in [1.82, 2.24) is 0 Å². The van der Waals surface area contributed by atoms with Crippen molar-refractivity contribution in [2.24, 2.45) is 11.8 Å². The number of amides is 1. The highest BCUT2D eigenvalue weighted by atomic mass is 35.5. The molecule has 0 heterocycles. The van der Waals surface area contributed by atoms with E-state index in [2.05, 4.69) is 5.32 Å². The van der Waals surface area contributed by atoms with Gasteiger partial charge in [0.1, 0.15) is 6.61 Å². The van der Waals surface area contributed by atoms with E-state index < -0.39 is 12.1 Å². The van der Waals surface area contributed by atoms with Crippen LogP contribution in [0.3, 0.4) is 0 Å². The lowest BCUT2D eigenvalue weighted by molar-refractivity contribution is -0.142. The molecule has 0 bridgehead atoms. The normalized spacial score (nSPS) is 18.6. The fourth-order valence-electron chi connectivity index (χ4n) is 3.72. The van der Waals surface area contributed by atoms with E-state index in [4.69, 9.17) is 26.2 Å². The summed E-state index contributed by atoms with van der Waals surface area (Å²) in [7, 11) is 0. The number of aliphatic carboxylic acids is 1. The second-order valence-corrected chi connectivity index (χ2v) is 8.01. The zero-order chi connectivity index (χ0) is 21.3. The van der Waals surface area contributed by atoms with E-state index in [1.807, 2.05) is 48.5 Å². The minimum atomic E-state index is -0.944. The van der Waals surface area contributed by atoms with Crippen molar-refractivity contribution in [2.45, 2.75) is 25.7 Å². The molecule has 2 aromatic carbocycles. The number of para-hydroxylation sites is 1. The number of anilines is 1. The number of hydrogen-bond acceptors (Lipinski definition) is 4. The maximum Gasteiger partial charge on any atom is 0.411 e. The van der Waals surface area contributed by atoms with Gasteiger partial charge < -0.3 is 14.6 Å². The standard InChI is InChI=1S/C23H26ClNO5/c24-19-5-3-4-18(12-19)20-6-1-2-7-21(20)25-23(28)30-14-17-10-8-16(9-11-17)13-29-15-22(26)27/h1-7,12,16-17H,8-11,13-15H2,(H,25,28)(H,26,27). The molecule has 30 heavy (non-hydrogen) atoms. The van der Waals surface area contributed by atoms with E-state index in [9.17, 15) is 9.59 Å². The van der Waals surface area contributed by atoms with Gasteiger partial charge in [0.15, 0.2) is 0 Å². The van der Waals surface area contributed by atoms with Crippen LogP contribution in [-0.4, -0.2) is 37.0 Å². The van der Waals surface area contributed by atoms with Gasteiger partial charge in [0.2, 0.25) is 0 Å². The molecular formula is C23H26ClNO5. The molecule has 0 spiro atoms. The topological polar surface area (TPSA) is 84.9 Å². The van der Waals surface area contributed by atoms with E-state index in [0.717, 1.165) is 36.8 Å². The van der Waals surface area contributed by atoms with Gasteiger partial charge >= 0.3 is 12.1 Å². The monoisotopic (exact) mass is 431 g/mol. The Labute approximate surface area is 181 Å². The molecule has 1 fully saturated rings. The van der Waals surface area contributed by atoms with Crippen molar-refractivity contribution >= 4 is 29.4 Å². The van der Waals surface area contributed by atoms with Gasteiger partial charge in [-0.3, -0.25) is 5.32 Å². The number of carboxylic acid groups (broad SMARTS) is 1. The van der Waals surface area contributed by atoms with Crippen molar-refractivity contribution in [2.75, 3.05) is 25.1 Å². The van der Waals surface area contributed by atoms with Crippen molar-refractivity contribution in [3.63, 3.8) is 0 Å². The lowest BCUT2D eigenvalue weighted by Crippen LogP contribution is -2.25. The summed E-state index contributed by atoms with van der Waals surface area (Å²) < 4.78 is 10.6. The smallest absolute Gasteiger partial charge is 0.411 e. The second kappa shape index (κ2) is 11.0. The van der Waals surface area contributed by atoms with E-state index >= 15 is 0 Å². The highest BCUT2D eigenvalue weighted by Crippen LogP contribution is 2.31. The lowest BCUT2D eigenvalue weighted by Gasteiger charge is -2.27. The Morgan fingerprint density at radius 3 is 2.40 bits per heavy atom. The van der Waals surface area contributed by atoms with Crippen LogP contribution in [0.15, 0.2) is 48.5 Å². The van der Waals surface area contributed by atoms with Gasteiger partial charge in [-0.15, -0.1) is 0 Å². The Morgan fingerprint density at radius 1 is 1.00 bits per heavy atom. The molecule has 160 valence electrons. The van der Waals surface area contributed by atoms with E-state index in [0.29, 0.717) is 35.8 Å². The third-order valence-corrected chi connectivity index (χ3v) is 5.53. The van der Waals surface area contributed by atoms with Crippen LogP contribution in [-0.2, 0) is 14.3 Å². The van der Waals surface area contributed by atoms with Crippen LogP contribution in [0, 0.1) is 11.8 Å². The van der Waals surface area contributed by atoms with Crippen molar-refractivity contribution < 1.29 is 24.2 Å². The molecule has 0 aromatic heterocycles. The van der Waals surface area contributed by atoms with Gasteiger partial charge in [-0.1, -0.05) is 41.9 Å². The van der Waals surface area contributed by atoms with Crippen molar-refractivity contribution in [3.05, 3.63) is 53.6 Å². The molecule has 0 radical (unpaired) electrons. The lowest BCUT2D eigenvalue weighted by atomic mass is 9.83. The van der Waals surface area contributed by atoms with Gasteiger partial charge in [0, 0.05) is 10.6 Å².